The molecule has 0 aromatic heterocycles. The number of hydrogen-bond donors (Lipinski definition) is 3. The summed E-state index contributed by atoms with van der Waals surface area (Å²) in [7, 11) is 0. The largest absolute Gasteiger partial charge is 0.479 e. The molecular formula is C34H37N3O5. The average molecular weight is 568 g/mol. The number of amides is 2. The van der Waals surface area contributed by atoms with Gasteiger partial charge in [-0.1, -0.05) is 85.3 Å². The van der Waals surface area contributed by atoms with Crippen molar-refractivity contribution in [3.63, 3.8) is 0 Å². The number of nitrogens with one attached hydrogen (secondary N) is 2. The van der Waals surface area contributed by atoms with Crippen molar-refractivity contribution in [3.05, 3.63) is 95.6 Å². The lowest BCUT2D eigenvalue weighted by Crippen LogP contribution is -2.58. The van der Waals surface area contributed by atoms with E-state index in [1.165, 1.54) is 11.1 Å². The predicted molar refractivity (Wildman–Crippen MR) is 159 cm³/mol. The zero-order valence-corrected chi connectivity index (χ0v) is 23.6. The Hall–Kier alpha value is -4.17. The van der Waals surface area contributed by atoms with Gasteiger partial charge < -0.3 is 20.5 Å². The number of nitrogens with zero attached hydrogens (tertiary/aromatic N) is 1. The van der Waals surface area contributed by atoms with E-state index in [2.05, 4.69) is 39.8 Å². The quantitative estimate of drug-likeness (QED) is 0.356. The highest BCUT2D eigenvalue weighted by Crippen LogP contribution is 2.44. The molecule has 2 amide bonds. The second-order valence-electron chi connectivity index (χ2n) is 11.9. The standard InChI is InChI=1S/C34H37N3O5/c38-31(36-34(32(39)40)17-18-37(22-34)20-23-9-2-1-3-10-23)24-11-8-12-25(19-24)35-33(41)42-21-30-28-15-6-4-13-26(28)27-14-5-7-16-29(27)30/h1-7,9-10,13-16,24-25,30H,8,11-12,17-22H2,(H,35,41)(H,36,38)(H,39,40)/t24-,25+,34?/m0/s1. The van der Waals surface area contributed by atoms with Crippen molar-refractivity contribution in [2.45, 2.75) is 56.1 Å². The number of hydrogen-bond acceptors (Lipinski definition) is 5. The van der Waals surface area contributed by atoms with Crippen LogP contribution in [0.2, 0.25) is 0 Å². The van der Waals surface area contributed by atoms with Gasteiger partial charge in [-0.25, -0.2) is 9.59 Å². The number of carbonyl (C=O) groups is 3. The molecule has 3 aromatic rings. The van der Waals surface area contributed by atoms with Crippen LogP contribution in [-0.2, 0) is 20.9 Å². The van der Waals surface area contributed by atoms with Gasteiger partial charge in [-0.3, -0.25) is 9.69 Å². The minimum absolute atomic E-state index is 0.0203. The van der Waals surface area contributed by atoms with Gasteiger partial charge in [0.05, 0.1) is 0 Å². The molecule has 0 bridgehead atoms. The van der Waals surface area contributed by atoms with Gasteiger partial charge >= 0.3 is 12.1 Å². The van der Waals surface area contributed by atoms with Crippen LogP contribution in [0.5, 0.6) is 0 Å². The minimum atomic E-state index is -1.31. The summed E-state index contributed by atoms with van der Waals surface area (Å²) >= 11 is 0. The third-order valence-electron chi connectivity index (χ3n) is 9.08. The number of likely N-dealkylation sites (tertiary alicyclic amines) is 1. The Morgan fingerprint density at radius 1 is 0.905 bits per heavy atom. The van der Waals surface area contributed by atoms with E-state index in [4.69, 9.17) is 4.74 Å². The molecule has 1 heterocycles. The van der Waals surface area contributed by atoms with Gasteiger partial charge in [-0.2, -0.15) is 0 Å². The van der Waals surface area contributed by atoms with Gasteiger partial charge in [0, 0.05) is 37.5 Å². The summed E-state index contributed by atoms with van der Waals surface area (Å²) in [6, 6.07) is 26.1. The minimum Gasteiger partial charge on any atom is -0.479 e. The lowest BCUT2D eigenvalue weighted by Gasteiger charge is -2.32. The van der Waals surface area contributed by atoms with Gasteiger partial charge in [0.25, 0.3) is 0 Å². The first-order valence-electron chi connectivity index (χ1n) is 14.8. The summed E-state index contributed by atoms with van der Waals surface area (Å²) in [5.41, 5.74) is 4.46. The summed E-state index contributed by atoms with van der Waals surface area (Å²) in [6.07, 6.45) is 2.51. The fourth-order valence-electron chi connectivity index (χ4n) is 6.90. The number of fused-ring (bicyclic) bond motifs is 3. The van der Waals surface area contributed by atoms with Crippen molar-refractivity contribution < 1.29 is 24.2 Å². The smallest absolute Gasteiger partial charge is 0.407 e. The van der Waals surface area contributed by atoms with Gasteiger partial charge in [0.2, 0.25) is 5.91 Å². The summed E-state index contributed by atoms with van der Waals surface area (Å²) in [6.45, 7) is 1.73. The Bertz CT molecular complexity index is 1410. The van der Waals surface area contributed by atoms with Crippen molar-refractivity contribution >= 4 is 18.0 Å². The lowest BCUT2D eigenvalue weighted by atomic mass is 9.84. The molecule has 6 rings (SSSR count). The molecule has 2 aliphatic carbocycles. The molecule has 3 aliphatic rings. The normalized spacial score (nSPS) is 23.5. The highest BCUT2D eigenvalue weighted by Gasteiger charge is 2.47. The second kappa shape index (κ2) is 12.0. The molecule has 1 saturated heterocycles. The Balaban J connectivity index is 1.03. The number of aliphatic carboxylic acids is 1. The van der Waals surface area contributed by atoms with Crippen LogP contribution in [-0.4, -0.2) is 59.3 Å². The van der Waals surface area contributed by atoms with Crippen molar-refractivity contribution in [1.29, 1.82) is 0 Å². The zero-order valence-electron chi connectivity index (χ0n) is 23.6. The van der Waals surface area contributed by atoms with Gasteiger partial charge in [-0.15, -0.1) is 0 Å². The Kier molecular flexibility index (Phi) is 7.98. The highest BCUT2D eigenvalue weighted by atomic mass is 16.5. The van der Waals surface area contributed by atoms with Crippen LogP contribution in [0.4, 0.5) is 4.79 Å². The number of carboxylic acid groups (broad SMARTS) is 1. The van der Waals surface area contributed by atoms with E-state index in [9.17, 15) is 19.5 Å². The third-order valence-corrected chi connectivity index (χ3v) is 9.08. The van der Waals surface area contributed by atoms with Crippen LogP contribution in [0, 0.1) is 5.92 Å². The van der Waals surface area contributed by atoms with E-state index in [-0.39, 0.29) is 36.9 Å². The van der Waals surface area contributed by atoms with E-state index in [0.29, 0.717) is 32.4 Å². The van der Waals surface area contributed by atoms with Crippen LogP contribution in [0.3, 0.4) is 0 Å². The molecule has 3 aromatic carbocycles. The number of benzene rings is 3. The van der Waals surface area contributed by atoms with E-state index in [1.54, 1.807) is 0 Å². The average Bonchev–Trinajstić information content (AvgIpc) is 3.56. The number of ether oxygens (including phenoxy) is 1. The monoisotopic (exact) mass is 567 g/mol. The molecule has 8 heteroatoms. The SMILES string of the molecule is O=C(N[C@@H]1CCC[C@H](C(=O)NC2(C(=O)O)CCN(Cc3ccccc3)C2)C1)OCC1c2ccccc2-c2ccccc21. The highest BCUT2D eigenvalue weighted by molar-refractivity contribution is 5.89. The molecule has 0 spiro atoms. The number of carbonyl (C=O) groups excluding carboxylic acids is 2. The third kappa shape index (κ3) is 5.77. The number of rotatable bonds is 8. The Labute approximate surface area is 246 Å². The molecule has 8 nitrogen and oxygen atoms in total. The van der Waals surface area contributed by atoms with E-state index >= 15 is 0 Å². The molecule has 1 unspecified atom stereocenters. The molecular weight excluding hydrogens is 530 g/mol. The molecule has 3 atom stereocenters. The van der Waals surface area contributed by atoms with E-state index in [1.807, 2.05) is 54.6 Å². The molecule has 0 radical (unpaired) electrons. The van der Waals surface area contributed by atoms with Crippen molar-refractivity contribution in [1.82, 2.24) is 15.5 Å². The summed E-state index contributed by atoms with van der Waals surface area (Å²) in [5, 5.41) is 16.0. The topological polar surface area (TPSA) is 108 Å². The zero-order chi connectivity index (χ0) is 29.1. The van der Waals surface area contributed by atoms with Crippen LogP contribution >= 0.6 is 0 Å². The fraction of sp³-hybridized carbons (Fsp3) is 0.382. The Morgan fingerprint density at radius 3 is 2.26 bits per heavy atom. The van der Waals surface area contributed by atoms with Crippen molar-refractivity contribution in [3.8, 4) is 11.1 Å². The molecule has 2 fully saturated rings. The van der Waals surface area contributed by atoms with Crippen LogP contribution in [0.25, 0.3) is 11.1 Å². The maximum absolute atomic E-state index is 13.4. The first-order chi connectivity index (χ1) is 20.4. The van der Waals surface area contributed by atoms with Crippen molar-refractivity contribution in [2.75, 3.05) is 19.7 Å². The Morgan fingerprint density at radius 2 is 1.57 bits per heavy atom. The van der Waals surface area contributed by atoms with Gasteiger partial charge in [0.1, 0.15) is 6.61 Å². The second-order valence-corrected chi connectivity index (χ2v) is 11.9. The van der Waals surface area contributed by atoms with Crippen molar-refractivity contribution in [2.24, 2.45) is 5.92 Å². The number of alkyl carbamates (subject to hydrolysis) is 1. The molecule has 218 valence electrons. The summed E-state index contributed by atoms with van der Waals surface area (Å²) < 4.78 is 5.72. The molecule has 42 heavy (non-hydrogen) atoms. The van der Waals surface area contributed by atoms with Crippen LogP contribution in [0.15, 0.2) is 78.9 Å². The molecule has 1 aliphatic heterocycles. The molecule has 1 saturated carbocycles. The summed E-state index contributed by atoms with van der Waals surface area (Å²) in [4.78, 5) is 40.7. The predicted octanol–water partition coefficient (Wildman–Crippen LogP) is 4.93. The lowest BCUT2D eigenvalue weighted by molar-refractivity contribution is -0.148. The first kappa shape index (κ1) is 28.0. The maximum Gasteiger partial charge on any atom is 0.407 e. The first-order valence-corrected chi connectivity index (χ1v) is 14.8. The van der Waals surface area contributed by atoms with E-state index in [0.717, 1.165) is 29.5 Å². The van der Waals surface area contributed by atoms with Crippen LogP contribution < -0.4 is 10.6 Å². The number of carboxylic acids is 1. The van der Waals surface area contributed by atoms with Crippen LogP contribution in [0.1, 0.15) is 54.7 Å². The maximum atomic E-state index is 13.4. The van der Waals surface area contributed by atoms with Gasteiger partial charge in [0.15, 0.2) is 5.54 Å². The van der Waals surface area contributed by atoms with E-state index < -0.39 is 17.6 Å². The molecule has 3 N–H and O–H groups in total. The fourth-order valence-corrected chi connectivity index (χ4v) is 6.90. The van der Waals surface area contributed by atoms with Gasteiger partial charge in [-0.05, 0) is 53.5 Å². The summed E-state index contributed by atoms with van der Waals surface area (Å²) in [5.74, 6) is -1.64.